The first-order chi connectivity index (χ1) is 13.5. The van der Waals surface area contributed by atoms with Gasteiger partial charge in [0.1, 0.15) is 11.6 Å². The Hall–Kier alpha value is -1.86. The second-order valence-corrected chi connectivity index (χ2v) is 7.34. The maximum atomic E-state index is 12.9. The quantitative estimate of drug-likeness (QED) is 0.682. The second-order valence-electron chi connectivity index (χ2n) is 6.50. The summed E-state index contributed by atoms with van der Waals surface area (Å²) < 4.78 is 11.0. The number of amides is 1. The number of morpholine rings is 1. The van der Waals surface area contributed by atoms with E-state index in [1.165, 1.54) is 0 Å². The molecule has 150 valence electrons. The zero-order chi connectivity index (χ0) is 19.9. The summed E-state index contributed by atoms with van der Waals surface area (Å²) >= 11 is 12.0. The number of pyridine rings is 1. The van der Waals surface area contributed by atoms with Crippen molar-refractivity contribution in [1.29, 1.82) is 0 Å². The topological polar surface area (TPSA) is 54.9 Å². The van der Waals surface area contributed by atoms with Gasteiger partial charge in [-0.05, 0) is 37.3 Å². The van der Waals surface area contributed by atoms with Crippen molar-refractivity contribution >= 4 is 34.9 Å². The van der Waals surface area contributed by atoms with E-state index in [-0.39, 0.29) is 12.5 Å². The van der Waals surface area contributed by atoms with Crippen LogP contribution in [0.3, 0.4) is 0 Å². The molecule has 2 heterocycles. The molecule has 8 heteroatoms. The normalized spacial score (nSPS) is 14.7. The fourth-order valence-corrected chi connectivity index (χ4v) is 3.38. The Labute approximate surface area is 175 Å². The fraction of sp³-hybridized carbons (Fsp3) is 0.400. The van der Waals surface area contributed by atoms with Crippen LogP contribution < -0.4 is 9.64 Å². The summed E-state index contributed by atoms with van der Waals surface area (Å²) in [5.41, 5.74) is 0.850. The number of halogens is 2. The number of benzene rings is 1. The van der Waals surface area contributed by atoms with Crippen molar-refractivity contribution in [3.05, 3.63) is 52.1 Å². The molecular weight excluding hydrogens is 401 g/mol. The van der Waals surface area contributed by atoms with E-state index in [4.69, 9.17) is 32.7 Å². The monoisotopic (exact) mass is 423 g/mol. The van der Waals surface area contributed by atoms with E-state index in [2.05, 4.69) is 9.88 Å². The maximum absolute atomic E-state index is 12.9. The van der Waals surface area contributed by atoms with Crippen LogP contribution in [0.1, 0.15) is 5.69 Å². The molecule has 0 N–H and O–H groups in total. The summed E-state index contributed by atoms with van der Waals surface area (Å²) in [6.45, 7) is 6.18. The number of anilines is 1. The number of hydrogen-bond acceptors (Lipinski definition) is 5. The van der Waals surface area contributed by atoms with Gasteiger partial charge >= 0.3 is 0 Å². The predicted molar refractivity (Wildman–Crippen MR) is 111 cm³/mol. The molecule has 0 saturated carbocycles. The Bertz CT molecular complexity index is 813. The summed E-state index contributed by atoms with van der Waals surface area (Å²) in [5.74, 6) is 0.853. The molecule has 1 aromatic heterocycles. The number of carbonyl (C=O) groups excluding carboxylic acids is 1. The van der Waals surface area contributed by atoms with Crippen LogP contribution >= 0.6 is 23.2 Å². The van der Waals surface area contributed by atoms with E-state index >= 15 is 0 Å². The largest absolute Gasteiger partial charge is 0.482 e. The minimum Gasteiger partial charge on any atom is -0.482 e. The predicted octanol–water partition coefficient (Wildman–Crippen LogP) is 3.44. The van der Waals surface area contributed by atoms with Crippen LogP contribution in [0.5, 0.6) is 5.75 Å². The molecule has 0 unspecified atom stereocenters. The van der Waals surface area contributed by atoms with E-state index in [1.807, 2.05) is 25.1 Å². The Morgan fingerprint density at radius 1 is 1.25 bits per heavy atom. The van der Waals surface area contributed by atoms with Crippen LogP contribution in [0.25, 0.3) is 0 Å². The van der Waals surface area contributed by atoms with E-state index in [1.54, 1.807) is 23.1 Å². The van der Waals surface area contributed by atoms with E-state index < -0.39 is 0 Å². The van der Waals surface area contributed by atoms with Crippen LogP contribution in [0.2, 0.25) is 10.0 Å². The minimum atomic E-state index is -0.183. The highest BCUT2D eigenvalue weighted by Crippen LogP contribution is 2.27. The Balaban J connectivity index is 1.68. The molecular formula is C20H23Cl2N3O3. The molecule has 1 fully saturated rings. The standard InChI is InChI=1S/C20H23Cl2N3O3/c1-15-3-2-4-19(23-15)25(8-7-24-9-11-27-12-10-24)20(26)14-28-18-6-5-16(21)13-17(18)22/h2-6,13H,7-12,14H2,1H3. The highest BCUT2D eigenvalue weighted by atomic mass is 35.5. The highest BCUT2D eigenvalue weighted by molar-refractivity contribution is 6.35. The number of carbonyl (C=O) groups is 1. The number of ether oxygens (including phenoxy) is 2. The molecule has 0 spiro atoms. The number of aryl methyl sites for hydroxylation is 1. The van der Waals surface area contributed by atoms with Gasteiger partial charge < -0.3 is 9.47 Å². The molecule has 28 heavy (non-hydrogen) atoms. The average molecular weight is 424 g/mol. The molecule has 2 aromatic rings. The molecule has 1 aromatic carbocycles. The van der Waals surface area contributed by atoms with Crippen molar-refractivity contribution < 1.29 is 14.3 Å². The summed E-state index contributed by atoms with van der Waals surface area (Å²) in [5, 5.41) is 0.883. The third kappa shape index (κ3) is 5.82. The second kappa shape index (κ2) is 10.1. The first kappa shape index (κ1) is 20.9. The summed E-state index contributed by atoms with van der Waals surface area (Å²) in [7, 11) is 0. The van der Waals surface area contributed by atoms with Crippen LogP contribution in [0.4, 0.5) is 5.82 Å². The molecule has 1 aliphatic rings. The number of rotatable bonds is 7. The van der Waals surface area contributed by atoms with Gasteiger partial charge in [0.2, 0.25) is 0 Å². The number of nitrogens with zero attached hydrogens (tertiary/aromatic N) is 3. The molecule has 3 rings (SSSR count). The van der Waals surface area contributed by atoms with Gasteiger partial charge in [-0.3, -0.25) is 14.6 Å². The van der Waals surface area contributed by atoms with Crippen molar-refractivity contribution in [2.45, 2.75) is 6.92 Å². The zero-order valence-corrected chi connectivity index (χ0v) is 17.2. The Kier molecular flexibility index (Phi) is 7.50. The van der Waals surface area contributed by atoms with Crippen LogP contribution in [0, 0.1) is 6.92 Å². The fourth-order valence-electron chi connectivity index (χ4n) is 2.92. The van der Waals surface area contributed by atoms with Crippen molar-refractivity contribution in [1.82, 2.24) is 9.88 Å². The van der Waals surface area contributed by atoms with Gasteiger partial charge in [-0.2, -0.15) is 0 Å². The van der Waals surface area contributed by atoms with Gasteiger partial charge in [-0.1, -0.05) is 29.3 Å². The van der Waals surface area contributed by atoms with Crippen molar-refractivity contribution in [3.8, 4) is 5.75 Å². The lowest BCUT2D eigenvalue weighted by atomic mass is 10.3. The van der Waals surface area contributed by atoms with Gasteiger partial charge in [-0.15, -0.1) is 0 Å². The smallest absolute Gasteiger partial charge is 0.266 e. The third-order valence-corrected chi connectivity index (χ3v) is 4.97. The van der Waals surface area contributed by atoms with Crippen molar-refractivity contribution in [3.63, 3.8) is 0 Å². The molecule has 1 amide bonds. The number of hydrogen-bond donors (Lipinski definition) is 0. The van der Waals surface area contributed by atoms with Crippen LogP contribution in [0.15, 0.2) is 36.4 Å². The van der Waals surface area contributed by atoms with E-state index in [9.17, 15) is 4.79 Å². The van der Waals surface area contributed by atoms with Crippen molar-refractivity contribution in [2.75, 3.05) is 50.9 Å². The SMILES string of the molecule is Cc1cccc(N(CCN2CCOCC2)C(=O)COc2ccc(Cl)cc2Cl)n1. The van der Waals surface area contributed by atoms with Gasteiger partial charge in [0.25, 0.3) is 5.91 Å². The highest BCUT2D eigenvalue weighted by Gasteiger charge is 2.20. The van der Waals surface area contributed by atoms with Crippen molar-refractivity contribution in [2.24, 2.45) is 0 Å². The molecule has 1 saturated heterocycles. The lowest BCUT2D eigenvalue weighted by Crippen LogP contribution is -2.44. The first-order valence-electron chi connectivity index (χ1n) is 9.15. The molecule has 0 aliphatic carbocycles. The molecule has 1 aliphatic heterocycles. The lowest BCUT2D eigenvalue weighted by molar-refractivity contribution is -0.120. The first-order valence-corrected chi connectivity index (χ1v) is 9.90. The summed E-state index contributed by atoms with van der Waals surface area (Å²) in [6, 6.07) is 10.5. The summed E-state index contributed by atoms with van der Waals surface area (Å²) in [6.07, 6.45) is 0. The maximum Gasteiger partial charge on any atom is 0.266 e. The van der Waals surface area contributed by atoms with Gasteiger partial charge in [0.15, 0.2) is 6.61 Å². The molecule has 0 atom stereocenters. The van der Waals surface area contributed by atoms with Gasteiger partial charge in [0.05, 0.1) is 18.2 Å². The minimum absolute atomic E-state index is 0.139. The summed E-state index contributed by atoms with van der Waals surface area (Å²) in [4.78, 5) is 21.4. The van der Waals surface area contributed by atoms with Crippen LogP contribution in [-0.4, -0.2) is 61.8 Å². The van der Waals surface area contributed by atoms with Gasteiger partial charge in [0, 0.05) is 36.9 Å². The zero-order valence-electron chi connectivity index (χ0n) is 15.7. The Morgan fingerprint density at radius 2 is 2.04 bits per heavy atom. The third-order valence-electron chi connectivity index (χ3n) is 4.44. The van der Waals surface area contributed by atoms with Gasteiger partial charge in [-0.25, -0.2) is 4.98 Å². The molecule has 0 radical (unpaired) electrons. The molecule has 6 nitrogen and oxygen atoms in total. The Morgan fingerprint density at radius 3 is 2.75 bits per heavy atom. The molecule has 0 bridgehead atoms. The lowest BCUT2D eigenvalue weighted by Gasteiger charge is -2.29. The average Bonchev–Trinajstić information content (AvgIpc) is 2.68. The van der Waals surface area contributed by atoms with Crippen LogP contribution in [-0.2, 0) is 9.53 Å². The van der Waals surface area contributed by atoms with E-state index in [0.717, 1.165) is 38.5 Å². The number of aromatic nitrogens is 1. The van der Waals surface area contributed by atoms with E-state index in [0.29, 0.717) is 28.2 Å².